The highest BCUT2D eigenvalue weighted by Crippen LogP contribution is 2.26. The van der Waals surface area contributed by atoms with Gasteiger partial charge in [-0.25, -0.2) is 4.98 Å². The molecule has 1 aromatic heterocycles. The highest BCUT2D eigenvalue weighted by molar-refractivity contribution is 6.34. The summed E-state index contributed by atoms with van der Waals surface area (Å²) in [4.78, 5) is 15.3. The minimum absolute atomic E-state index is 0.180. The first-order valence-electron chi connectivity index (χ1n) is 4.60. The van der Waals surface area contributed by atoms with Crippen molar-refractivity contribution in [3.63, 3.8) is 0 Å². The number of aromatic nitrogens is 1. The second kappa shape index (κ2) is 5.74. The molecule has 0 saturated carbocycles. The first kappa shape index (κ1) is 12.8. The molecule has 84 valence electrons. The lowest BCUT2D eigenvalue weighted by atomic mass is 10.2. The maximum absolute atomic E-state index is 11.4. The zero-order valence-corrected chi connectivity index (χ0v) is 10.2. The molecule has 3 nitrogen and oxygen atoms in total. The maximum Gasteiger partial charge on any atom is 0.225 e. The van der Waals surface area contributed by atoms with Crippen LogP contribution in [0.25, 0.3) is 0 Å². The van der Waals surface area contributed by atoms with Gasteiger partial charge < -0.3 is 5.32 Å². The van der Waals surface area contributed by atoms with E-state index in [-0.39, 0.29) is 17.5 Å². The summed E-state index contributed by atoms with van der Waals surface area (Å²) in [5.41, 5.74) is 1.24. The maximum atomic E-state index is 11.4. The van der Waals surface area contributed by atoms with Gasteiger partial charge in [-0.05, 0) is 18.6 Å². The van der Waals surface area contributed by atoms with Gasteiger partial charge in [0.2, 0.25) is 5.91 Å². The summed E-state index contributed by atoms with van der Waals surface area (Å²) in [6, 6.07) is 1.63. The van der Waals surface area contributed by atoms with Gasteiger partial charge >= 0.3 is 0 Å². The molecule has 1 amide bonds. The molecule has 0 unspecified atom stereocenters. The second-order valence-electron chi connectivity index (χ2n) is 3.18. The van der Waals surface area contributed by atoms with Gasteiger partial charge in [0.1, 0.15) is 5.15 Å². The van der Waals surface area contributed by atoms with E-state index in [0.29, 0.717) is 17.3 Å². The predicted molar refractivity (Wildman–Crippen MR) is 65.7 cm³/mol. The van der Waals surface area contributed by atoms with Crippen molar-refractivity contribution in [2.75, 3.05) is 5.32 Å². The number of carbonyl (C=O) groups is 1. The standard InChI is InChI=1S/C11H10Cl2N2O/c1-3-4-5-9(16)15-10-7(2)6-8(12)14-11(10)13/h1,6H,4-5H2,2H3,(H,15,16). The first-order chi connectivity index (χ1) is 7.54. The normalized spacial score (nSPS) is 9.62. The van der Waals surface area contributed by atoms with Crippen LogP contribution < -0.4 is 5.32 Å². The van der Waals surface area contributed by atoms with Crippen LogP contribution in [-0.4, -0.2) is 10.9 Å². The number of aryl methyl sites for hydroxylation is 1. The SMILES string of the molecule is C#CCCC(=O)Nc1c(C)cc(Cl)nc1Cl. The average Bonchev–Trinajstić information content (AvgIpc) is 2.20. The summed E-state index contributed by atoms with van der Waals surface area (Å²) >= 11 is 11.6. The number of terminal acetylenes is 1. The van der Waals surface area contributed by atoms with E-state index < -0.39 is 0 Å². The molecule has 0 aliphatic heterocycles. The summed E-state index contributed by atoms with van der Waals surface area (Å²) in [6.07, 6.45) is 5.72. The number of carbonyl (C=O) groups excluding carboxylic acids is 1. The Morgan fingerprint density at radius 1 is 1.62 bits per heavy atom. The molecule has 0 saturated heterocycles. The number of hydrogen-bond acceptors (Lipinski definition) is 2. The fraction of sp³-hybridized carbons (Fsp3) is 0.273. The number of nitrogens with zero attached hydrogens (tertiary/aromatic N) is 1. The Kier molecular flexibility index (Phi) is 4.60. The van der Waals surface area contributed by atoms with Crippen LogP contribution in [0.1, 0.15) is 18.4 Å². The van der Waals surface area contributed by atoms with E-state index in [1.54, 1.807) is 13.0 Å². The van der Waals surface area contributed by atoms with Crippen LogP contribution in [0.3, 0.4) is 0 Å². The van der Waals surface area contributed by atoms with Crippen LogP contribution in [-0.2, 0) is 4.79 Å². The quantitative estimate of drug-likeness (QED) is 0.668. The molecule has 0 radical (unpaired) electrons. The molecule has 16 heavy (non-hydrogen) atoms. The zero-order chi connectivity index (χ0) is 12.1. The van der Waals surface area contributed by atoms with Crippen molar-refractivity contribution in [1.82, 2.24) is 4.98 Å². The van der Waals surface area contributed by atoms with Crippen molar-refractivity contribution >= 4 is 34.8 Å². The van der Waals surface area contributed by atoms with Gasteiger partial charge in [0, 0.05) is 12.8 Å². The molecule has 1 N–H and O–H groups in total. The van der Waals surface area contributed by atoms with Crippen LogP contribution in [0.5, 0.6) is 0 Å². The summed E-state index contributed by atoms with van der Waals surface area (Å²) in [6.45, 7) is 1.79. The molecule has 0 atom stereocenters. The lowest BCUT2D eigenvalue weighted by Gasteiger charge is -2.09. The largest absolute Gasteiger partial charge is 0.323 e. The third-order valence-corrected chi connectivity index (χ3v) is 2.37. The molecule has 0 aromatic carbocycles. The van der Waals surface area contributed by atoms with Gasteiger partial charge in [-0.1, -0.05) is 23.2 Å². The van der Waals surface area contributed by atoms with E-state index in [9.17, 15) is 4.79 Å². The highest BCUT2D eigenvalue weighted by Gasteiger charge is 2.10. The van der Waals surface area contributed by atoms with Gasteiger partial charge in [0.25, 0.3) is 0 Å². The van der Waals surface area contributed by atoms with Crippen LogP contribution in [0.4, 0.5) is 5.69 Å². The van der Waals surface area contributed by atoms with Crippen molar-refractivity contribution < 1.29 is 4.79 Å². The van der Waals surface area contributed by atoms with E-state index in [4.69, 9.17) is 29.6 Å². The third-order valence-electron chi connectivity index (χ3n) is 1.90. The average molecular weight is 257 g/mol. The van der Waals surface area contributed by atoms with E-state index in [1.165, 1.54) is 0 Å². The molecule has 1 rings (SSSR count). The zero-order valence-electron chi connectivity index (χ0n) is 8.68. The van der Waals surface area contributed by atoms with Crippen molar-refractivity contribution in [1.29, 1.82) is 0 Å². The smallest absolute Gasteiger partial charge is 0.225 e. The Morgan fingerprint density at radius 2 is 2.31 bits per heavy atom. The number of anilines is 1. The lowest BCUT2D eigenvalue weighted by Crippen LogP contribution is -2.12. The number of hydrogen-bond donors (Lipinski definition) is 1. The Morgan fingerprint density at radius 3 is 2.88 bits per heavy atom. The number of pyridine rings is 1. The van der Waals surface area contributed by atoms with Crippen molar-refractivity contribution in [2.45, 2.75) is 19.8 Å². The second-order valence-corrected chi connectivity index (χ2v) is 3.93. The van der Waals surface area contributed by atoms with Crippen molar-refractivity contribution in [2.24, 2.45) is 0 Å². The minimum atomic E-state index is -0.188. The molecule has 0 fully saturated rings. The topological polar surface area (TPSA) is 42.0 Å². The van der Waals surface area contributed by atoms with Crippen molar-refractivity contribution in [3.05, 3.63) is 21.9 Å². The number of halogens is 2. The fourth-order valence-corrected chi connectivity index (χ4v) is 1.71. The van der Waals surface area contributed by atoms with E-state index in [0.717, 1.165) is 5.56 Å². The van der Waals surface area contributed by atoms with E-state index in [1.807, 2.05) is 0 Å². The fourth-order valence-electron chi connectivity index (χ4n) is 1.13. The summed E-state index contributed by atoms with van der Waals surface area (Å²) < 4.78 is 0. The van der Waals surface area contributed by atoms with Crippen molar-refractivity contribution in [3.8, 4) is 12.3 Å². The van der Waals surface area contributed by atoms with Crippen LogP contribution in [0.15, 0.2) is 6.07 Å². The Balaban J connectivity index is 2.82. The molecule has 5 heteroatoms. The predicted octanol–water partition coefficient (Wildman–Crippen LogP) is 3.05. The monoisotopic (exact) mass is 256 g/mol. The molecule has 0 spiro atoms. The molecular weight excluding hydrogens is 247 g/mol. The van der Waals surface area contributed by atoms with Crippen LogP contribution in [0.2, 0.25) is 10.3 Å². The number of amides is 1. The van der Waals surface area contributed by atoms with Gasteiger partial charge in [0.15, 0.2) is 5.15 Å². The van der Waals surface area contributed by atoms with Crippen LogP contribution in [0, 0.1) is 19.3 Å². The molecular formula is C11H10Cl2N2O. The lowest BCUT2D eigenvalue weighted by molar-refractivity contribution is -0.116. The van der Waals surface area contributed by atoms with Gasteiger partial charge in [0.05, 0.1) is 5.69 Å². The Hall–Kier alpha value is -1.24. The highest BCUT2D eigenvalue weighted by atomic mass is 35.5. The number of rotatable bonds is 3. The van der Waals surface area contributed by atoms with Crippen LogP contribution >= 0.6 is 23.2 Å². The molecule has 1 heterocycles. The Bertz CT molecular complexity index is 429. The molecule has 0 aliphatic rings. The minimum Gasteiger partial charge on any atom is -0.323 e. The van der Waals surface area contributed by atoms with Gasteiger partial charge in [-0.2, -0.15) is 0 Å². The van der Waals surface area contributed by atoms with Gasteiger partial charge in [-0.3, -0.25) is 4.79 Å². The Labute approximate surface area is 104 Å². The first-order valence-corrected chi connectivity index (χ1v) is 5.36. The molecule has 0 bridgehead atoms. The van der Waals surface area contributed by atoms with E-state index in [2.05, 4.69) is 16.2 Å². The van der Waals surface area contributed by atoms with E-state index >= 15 is 0 Å². The molecule has 0 aliphatic carbocycles. The summed E-state index contributed by atoms with van der Waals surface area (Å²) in [7, 11) is 0. The molecule has 1 aromatic rings. The summed E-state index contributed by atoms with van der Waals surface area (Å²) in [5.74, 6) is 2.20. The van der Waals surface area contributed by atoms with Gasteiger partial charge in [-0.15, -0.1) is 12.3 Å². The third kappa shape index (κ3) is 3.41. The summed E-state index contributed by atoms with van der Waals surface area (Å²) in [5, 5.41) is 3.13. The number of nitrogens with one attached hydrogen (secondary N) is 1.